The Balaban J connectivity index is 3.15. The SMILES string of the molecule is CCCS(=O)CCCC#N. The van der Waals surface area contributed by atoms with Crippen LogP contribution in [0.3, 0.4) is 0 Å². The molecular weight excluding hydrogens is 146 g/mol. The molecule has 0 aliphatic heterocycles. The summed E-state index contributed by atoms with van der Waals surface area (Å²) in [5.74, 6) is 1.48. The van der Waals surface area contributed by atoms with Gasteiger partial charge in [-0.25, -0.2) is 0 Å². The smallest absolute Gasteiger partial charge is 0.0622 e. The van der Waals surface area contributed by atoms with E-state index in [-0.39, 0.29) is 0 Å². The molecule has 0 aliphatic rings. The predicted molar refractivity (Wildman–Crippen MR) is 43.0 cm³/mol. The molecule has 0 amide bonds. The summed E-state index contributed by atoms with van der Waals surface area (Å²) in [5, 5.41) is 8.16. The molecule has 0 heterocycles. The van der Waals surface area contributed by atoms with Crippen LogP contribution in [0.25, 0.3) is 0 Å². The zero-order valence-corrected chi connectivity index (χ0v) is 7.12. The highest BCUT2D eigenvalue weighted by Gasteiger charge is 1.95. The number of rotatable bonds is 5. The summed E-state index contributed by atoms with van der Waals surface area (Å²) in [6.45, 7) is 2.02. The molecule has 0 radical (unpaired) electrons. The molecule has 0 fully saturated rings. The lowest BCUT2D eigenvalue weighted by Gasteiger charge is -1.95. The van der Waals surface area contributed by atoms with Gasteiger partial charge in [-0.05, 0) is 12.8 Å². The Labute approximate surface area is 64.7 Å². The van der Waals surface area contributed by atoms with Gasteiger partial charge in [0.05, 0.1) is 6.07 Å². The first-order chi connectivity index (χ1) is 4.81. The minimum Gasteiger partial charge on any atom is -0.260 e. The lowest BCUT2D eigenvalue weighted by atomic mass is 10.4. The lowest BCUT2D eigenvalue weighted by molar-refractivity contribution is 0.679. The van der Waals surface area contributed by atoms with Crippen molar-refractivity contribution >= 4 is 10.8 Å². The van der Waals surface area contributed by atoms with E-state index in [1.54, 1.807) is 0 Å². The van der Waals surface area contributed by atoms with Crippen molar-refractivity contribution in [2.45, 2.75) is 26.2 Å². The minimum atomic E-state index is -0.673. The van der Waals surface area contributed by atoms with Crippen LogP contribution in [0.15, 0.2) is 0 Å². The van der Waals surface area contributed by atoms with Crippen LogP contribution in [-0.2, 0) is 10.8 Å². The molecule has 0 rings (SSSR count). The summed E-state index contributed by atoms with van der Waals surface area (Å²) in [6.07, 6.45) is 2.29. The van der Waals surface area contributed by atoms with Gasteiger partial charge in [0, 0.05) is 28.7 Å². The minimum absolute atomic E-state index is 0.537. The van der Waals surface area contributed by atoms with E-state index in [1.165, 1.54) is 0 Å². The predicted octanol–water partition coefficient (Wildman–Crippen LogP) is 1.45. The van der Waals surface area contributed by atoms with Crippen LogP contribution in [0, 0.1) is 11.3 Å². The first-order valence-corrected chi connectivity index (χ1v) is 5.02. The second-order valence-electron chi connectivity index (χ2n) is 2.11. The molecule has 0 aromatic carbocycles. The molecule has 1 atom stereocenters. The number of nitrogens with zero attached hydrogens (tertiary/aromatic N) is 1. The molecule has 2 nitrogen and oxygen atoms in total. The van der Waals surface area contributed by atoms with Gasteiger partial charge in [0.25, 0.3) is 0 Å². The van der Waals surface area contributed by atoms with Crippen molar-refractivity contribution in [3.05, 3.63) is 0 Å². The third-order valence-corrected chi connectivity index (χ3v) is 2.70. The maximum atomic E-state index is 10.9. The van der Waals surface area contributed by atoms with Crippen molar-refractivity contribution in [1.29, 1.82) is 5.26 Å². The third kappa shape index (κ3) is 5.77. The Hall–Kier alpha value is -0.360. The van der Waals surface area contributed by atoms with Gasteiger partial charge >= 0.3 is 0 Å². The van der Waals surface area contributed by atoms with Gasteiger partial charge in [0.1, 0.15) is 0 Å². The molecule has 0 N–H and O–H groups in total. The molecule has 10 heavy (non-hydrogen) atoms. The molecule has 3 heteroatoms. The Bertz CT molecular complexity index is 139. The highest BCUT2D eigenvalue weighted by Crippen LogP contribution is 1.93. The summed E-state index contributed by atoms with van der Waals surface area (Å²) in [5.41, 5.74) is 0. The van der Waals surface area contributed by atoms with E-state index in [1.807, 2.05) is 13.0 Å². The van der Waals surface area contributed by atoms with E-state index >= 15 is 0 Å². The van der Waals surface area contributed by atoms with Gasteiger partial charge in [0.15, 0.2) is 0 Å². The molecule has 0 bridgehead atoms. The van der Waals surface area contributed by atoms with Gasteiger partial charge < -0.3 is 0 Å². The highest BCUT2D eigenvalue weighted by atomic mass is 32.2. The molecule has 0 aliphatic carbocycles. The summed E-state index contributed by atoms with van der Waals surface area (Å²) < 4.78 is 10.9. The van der Waals surface area contributed by atoms with Crippen LogP contribution in [0.2, 0.25) is 0 Å². The molecule has 58 valence electrons. The summed E-state index contributed by atoms with van der Waals surface area (Å²) in [4.78, 5) is 0. The monoisotopic (exact) mass is 159 g/mol. The molecular formula is C7H13NOS. The van der Waals surface area contributed by atoms with Gasteiger partial charge in [-0.15, -0.1) is 0 Å². The molecule has 0 spiro atoms. The molecule has 0 aromatic rings. The van der Waals surface area contributed by atoms with Crippen LogP contribution < -0.4 is 0 Å². The van der Waals surface area contributed by atoms with E-state index in [9.17, 15) is 4.21 Å². The topological polar surface area (TPSA) is 40.9 Å². The van der Waals surface area contributed by atoms with E-state index in [0.29, 0.717) is 12.2 Å². The third-order valence-electron chi connectivity index (χ3n) is 1.09. The van der Waals surface area contributed by atoms with Gasteiger partial charge in [-0.3, -0.25) is 4.21 Å². The second-order valence-corrected chi connectivity index (χ2v) is 3.81. The van der Waals surface area contributed by atoms with Crippen molar-refractivity contribution in [3.63, 3.8) is 0 Å². The van der Waals surface area contributed by atoms with E-state index < -0.39 is 10.8 Å². The van der Waals surface area contributed by atoms with Crippen molar-refractivity contribution in [3.8, 4) is 6.07 Å². The molecule has 1 unspecified atom stereocenters. The van der Waals surface area contributed by atoms with Crippen LogP contribution in [0.4, 0.5) is 0 Å². The first kappa shape index (κ1) is 9.64. The first-order valence-electron chi connectivity index (χ1n) is 3.53. The fraction of sp³-hybridized carbons (Fsp3) is 0.857. The molecule has 0 aromatic heterocycles. The Morgan fingerprint density at radius 3 is 2.70 bits per heavy atom. The maximum Gasteiger partial charge on any atom is 0.0622 e. The molecule has 0 saturated heterocycles. The standard InChI is InChI=1S/C7H13NOS/c1-2-6-10(9)7-4-3-5-8/h2-4,6-7H2,1H3. The average Bonchev–Trinajstić information content (AvgIpc) is 1.89. The zero-order chi connectivity index (χ0) is 7.82. The number of unbranched alkanes of at least 4 members (excludes halogenated alkanes) is 1. The number of hydrogen-bond acceptors (Lipinski definition) is 2. The summed E-state index contributed by atoms with van der Waals surface area (Å²) >= 11 is 0. The maximum absolute atomic E-state index is 10.9. The normalized spacial score (nSPS) is 12.4. The largest absolute Gasteiger partial charge is 0.260 e. The fourth-order valence-electron chi connectivity index (χ4n) is 0.642. The van der Waals surface area contributed by atoms with Gasteiger partial charge in [-0.2, -0.15) is 5.26 Å². The number of hydrogen-bond donors (Lipinski definition) is 0. The van der Waals surface area contributed by atoms with E-state index in [4.69, 9.17) is 5.26 Å². The quantitative estimate of drug-likeness (QED) is 0.570. The van der Waals surface area contributed by atoms with Gasteiger partial charge in [-0.1, -0.05) is 6.92 Å². The highest BCUT2D eigenvalue weighted by molar-refractivity contribution is 7.84. The second kappa shape index (κ2) is 6.76. The fourth-order valence-corrected chi connectivity index (χ4v) is 1.77. The van der Waals surface area contributed by atoms with Crippen molar-refractivity contribution in [2.24, 2.45) is 0 Å². The Morgan fingerprint density at radius 1 is 1.50 bits per heavy atom. The summed E-state index contributed by atoms with van der Waals surface area (Å²) in [6, 6.07) is 2.03. The van der Waals surface area contributed by atoms with Crippen LogP contribution in [0.1, 0.15) is 26.2 Å². The Kier molecular flexibility index (Phi) is 6.51. The lowest BCUT2D eigenvalue weighted by Crippen LogP contribution is -2.00. The van der Waals surface area contributed by atoms with Gasteiger partial charge in [0.2, 0.25) is 0 Å². The van der Waals surface area contributed by atoms with E-state index in [2.05, 4.69) is 0 Å². The van der Waals surface area contributed by atoms with E-state index in [0.717, 1.165) is 18.6 Å². The number of nitriles is 1. The van der Waals surface area contributed by atoms with Crippen LogP contribution in [0.5, 0.6) is 0 Å². The molecule has 0 saturated carbocycles. The zero-order valence-electron chi connectivity index (χ0n) is 6.30. The Morgan fingerprint density at radius 2 is 2.20 bits per heavy atom. The summed E-state index contributed by atoms with van der Waals surface area (Å²) in [7, 11) is -0.673. The average molecular weight is 159 g/mol. The van der Waals surface area contributed by atoms with Crippen LogP contribution in [-0.4, -0.2) is 15.7 Å². The van der Waals surface area contributed by atoms with Crippen molar-refractivity contribution < 1.29 is 4.21 Å². The van der Waals surface area contributed by atoms with Crippen molar-refractivity contribution in [1.82, 2.24) is 0 Å². The van der Waals surface area contributed by atoms with Crippen LogP contribution >= 0.6 is 0 Å². The van der Waals surface area contributed by atoms with Crippen molar-refractivity contribution in [2.75, 3.05) is 11.5 Å².